The molecule has 0 saturated carbocycles. The minimum atomic E-state index is -0.341. The molecule has 0 aliphatic heterocycles. The molecule has 0 aromatic heterocycles. The van der Waals surface area contributed by atoms with Gasteiger partial charge in [0.2, 0.25) is 5.91 Å². The summed E-state index contributed by atoms with van der Waals surface area (Å²) in [6.45, 7) is 1.76. The Hall–Kier alpha value is -1.33. The van der Waals surface area contributed by atoms with Gasteiger partial charge in [0.15, 0.2) is 0 Å². The number of hydrogen-bond acceptors (Lipinski definition) is 3. The van der Waals surface area contributed by atoms with E-state index in [4.69, 9.17) is 29.6 Å². The first-order valence-electron chi connectivity index (χ1n) is 5.03. The molecule has 1 aromatic rings. The SMILES string of the molecule is CNC(=O)C(C)Nc1ccc(C(N)=S)c(Cl)c1. The van der Waals surface area contributed by atoms with Crippen molar-refractivity contribution in [2.75, 3.05) is 12.4 Å². The topological polar surface area (TPSA) is 67.2 Å². The zero-order chi connectivity index (χ0) is 13.0. The summed E-state index contributed by atoms with van der Waals surface area (Å²) in [5.41, 5.74) is 6.86. The van der Waals surface area contributed by atoms with Crippen LogP contribution in [0.1, 0.15) is 12.5 Å². The van der Waals surface area contributed by atoms with Crippen LogP contribution in [-0.2, 0) is 4.79 Å². The first-order chi connectivity index (χ1) is 7.95. The molecule has 4 N–H and O–H groups in total. The standard InChI is InChI=1S/C11H14ClN3OS/c1-6(11(16)14-2)15-7-3-4-8(10(13)17)9(12)5-7/h3-6,15H,1-2H3,(H2,13,17)(H,14,16). The van der Waals surface area contributed by atoms with E-state index in [1.807, 2.05) is 0 Å². The van der Waals surface area contributed by atoms with E-state index in [9.17, 15) is 4.79 Å². The zero-order valence-corrected chi connectivity index (χ0v) is 11.2. The summed E-state index contributed by atoms with van der Waals surface area (Å²) in [7, 11) is 1.59. The number of carbonyl (C=O) groups is 1. The third kappa shape index (κ3) is 3.57. The summed E-state index contributed by atoms with van der Waals surface area (Å²) in [5, 5.41) is 6.04. The van der Waals surface area contributed by atoms with Crippen LogP contribution in [0.25, 0.3) is 0 Å². The molecule has 1 aromatic carbocycles. The highest BCUT2D eigenvalue weighted by atomic mass is 35.5. The molecule has 1 rings (SSSR count). The molecule has 0 saturated heterocycles. The fraction of sp³-hybridized carbons (Fsp3) is 0.273. The number of nitrogens with one attached hydrogen (secondary N) is 2. The molecule has 1 unspecified atom stereocenters. The maximum Gasteiger partial charge on any atom is 0.241 e. The van der Waals surface area contributed by atoms with Gasteiger partial charge in [0.1, 0.15) is 11.0 Å². The van der Waals surface area contributed by atoms with Gasteiger partial charge in [-0.2, -0.15) is 0 Å². The summed E-state index contributed by atoms with van der Waals surface area (Å²) in [5.74, 6) is -0.0976. The molecule has 0 aliphatic rings. The lowest BCUT2D eigenvalue weighted by atomic mass is 10.2. The molecule has 1 atom stereocenters. The Balaban J connectivity index is 2.84. The number of amides is 1. The Kier molecular flexibility index (Phi) is 4.72. The molecule has 92 valence electrons. The number of anilines is 1. The molecule has 0 bridgehead atoms. The molecule has 0 spiro atoms. The van der Waals surface area contributed by atoms with E-state index >= 15 is 0 Å². The third-order valence-electron chi connectivity index (χ3n) is 2.26. The van der Waals surface area contributed by atoms with Gasteiger partial charge in [-0.15, -0.1) is 0 Å². The van der Waals surface area contributed by atoms with E-state index in [0.717, 1.165) is 5.69 Å². The van der Waals surface area contributed by atoms with Crippen molar-refractivity contribution in [3.05, 3.63) is 28.8 Å². The molecule has 0 fully saturated rings. The highest BCUT2D eigenvalue weighted by molar-refractivity contribution is 7.80. The normalized spacial score (nSPS) is 11.7. The van der Waals surface area contributed by atoms with E-state index in [1.165, 1.54) is 0 Å². The number of hydrogen-bond donors (Lipinski definition) is 3. The van der Waals surface area contributed by atoms with Crippen LogP contribution >= 0.6 is 23.8 Å². The number of thiocarbonyl (C=S) groups is 1. The molecule has 4 nitrogen and oxygen atoms in total. The van der Waals surface area contributed by atoms with Crippen molar-refractivity contribution in [3.63, 3.8) is 0 Å². The first kappa shape index (κ1) is 13.7. The highest BCUT2D eigenvalue weighted by Crippen LogP contribution is 2.21. The molecule has 1 amide bonds. The largest absolute Gasteiger partial charge is 0.389 e. The van der Waals surface area contributed by atoms with Gasteiger partial charge < -0.3 is 16.4 Å². The summed E-state index contributed by atoms with van der Waals surface area (Å²) in [6, 6.07) is 4.85. The summed E-state index contributed by atoms with van der Waals surface area (Å²) < 4.78 is 0. The quantitative estimate of drug-likeness (QED) is 0.727. The van der Waals surface area contributed by atoms with Crippen LogP contribution in [-0.4, -0.2) is 24.0 Å². The first-order valence-corrected chi connectivity index (χ1v) is 5.81. The molecule has 6 heteroatoms. The second-order valence-electron chi connectivity index (χ2n) is 3.54. The zero-order valence-electron chi connectivity index (χ0n) is 9.58. The molecular weight excluding hydrogens is 258 g/mol. The number of halogens is 1. The predicted octanol–water partition coefficient (Wildman–Crippen LogP) is 1.52. The Morgan fingerprint density at radius 1 is 1.53 bits per heavy atom. The smallest absolute Gasteiger partial charge is 0.241 e. The van der Waals surface area contributed by atoms with E-state index in [2.05, 4.69) is 10.6 Å². The van der Waals surface area contributed by atoms with Crippen LogP contribution in [0.3, 0.4) is 0 Å². The molecule has 17 heavy (non-hydrogen) atoms. The van der Waals surface area contributed by atoms with Gasteiger partial charge in [-0.1, -0.05) is 23.8 Å². The summed E-state index contributed by atoms with van der Waals surface area (Å²) in [4.78, 5) is 11.6. The van der Waals surface area contributed by atoms with Crippen molar-refractivity contribution >= 4 is 40.4 Å². The molecule has 0 radical (unpaired) electrons. The van der Waals surface area contributed by atoms with E-state index in [1.54, 1.807) is 32.2 Å². The minimum absolute atomic E-state index is 0.0976. The Morgan fingerprint density at radius 3 is 2.65 bits per heavy atom. The average Bonchev–Trinajstić information content (AvgIpc) is 2.27. The van der Waals surface area contributed by atoms with Crippen LogP contribution in [0, 0.1) is 0 Å². The van der Waals surface area contributed by atoms with Gasteiger partial charge in [0.25, 0.3) is 0 Å². The van der Waals surface area contributed by atoms with Crippen molar-refractivity contribution in [2.45, 2.75) is 13.0 Å². The number of rotatable bonds is 4. The van der Waals surface area contributed by atoms with Crippen LogP contribution in [0.15, 0.2) is 18.2 Å². The lowest BCUT2D eigenvalue weighted by Gasteiger charge is -2.14. The highest BCUT2D eigenvalue weighted by Gasteiger charge is 2.11. The van der Waals surface area contributed by atoms with E-state index in [0.29, 0.717) is 10.6 Å². The Labute approximate surface area is 111 Å². The van der Waals surface area contributed by atoms with Crippen molar-refractivity contribution in [1.82, 2.24) is 5.32 Å². The Morgan fingerprint density at radius 2 is 2.18 bits per heavy atom. The third-order valence-corrected chi connectivity index (χ3v) is 2.79. The van der Waals surface area contributed by atoms with Gasteiger partial charge in [0, 0.05) is 18.3 Å². The lowest BCUT2D eigenvalue weighted by molar-refractivity contribution is -0.121. The Bertz CT molecular complexity index is 450. The minimum Gasteiger partial charge on any atom is -0.389 e. The van der Waals surface area contributed by atoms with Crippen LogP contribution in [0.2, 0.25) is 5.02 Å². The number of nitrogens with two attached hydrogens (primary N) is 1. The number of carbonyl (C=O) groups excluding carboxylic acids is 1. The maximum atomic E-state index is 11.3. The lowest BCUT2D eigenvalue weighted by Crippen LogP contribution is -2.35. The number of benzene rings is 1. The second-order valence-corrected chi connectivity index (χ2v) is 4.39. The van der Waals surface area contributed by atoms with Crippen molar-refractivity contribution < 1.29 is 4.79 Å². The second kappa shape index (κ2) is 5.84. The van der Waals surface area contributed by atoms with Crippen molar-refractivity contribution in [2.24, 2.45) is 5.73 Å². The van der Waals surface area contributed by atoms with Gasteiger partial charge in [0.05, 0.1) is 5.02 Å². The van der Waals surface area contributed by atoms with E-state index in [-0.39, 0.29) is 16.9 Å². The van der Waals surface area contributed by atoms with Crippen molar-refractivity contribution in [3.8, 4) is 0 Å². The molecular formula is C11H14ClN3OS. The van der Waals surface area contributed by atoms with Gasteiger partial charge in [-0.25, -0.2) is 0 Å². The fourth-order valence-corrected chi connectivity index (χ4v) is 1.85. The van der Waals surface area contributed by atoms with Crippen molar-refractivity contribution in [1.29, 1.82) is 0 Å². The fourth-order valence-electron chi connectivity index (χ4n) is 1.34. The number of likely N-dealkylation sites (N-methyl/N-ethyl adjacent to an activating group) is 1. The predicted molar refractivity (Wildman–Crippen MR) is 74.5 cm³/mol. The molecule has 0 aliphatic carbocycles. The van der Waals surface area contributed by atoms with E-state index < -0.39 is 0 Å². The van der Waals surface area contributed by atoms with Gasteiger partial charge >= 0.3 is 0 Å². The maximum absolute atomic E-state index is 11.3. The molecule has 0 heterocycles. The van der Waals surface area contributed by atoms with Gasteiger partial charge in [-0.05, 0) is 25.1 Å². The van der Waals surface area contributed by atoms with Gasteiger partial charge in [-0.3, -0.25) is 4.79 Å². The summed E-state index contributed by atoms with van der Waals surface area (Å²) in [6.07, 6.45) is 0. The van der Waals surface area contributed by atoms with Crippen LogP contribution < -0.4 is 16.4 Å². The van der Waals surface area contributed by atoms with Crippen LogP contribution in [0.5, 0.6) is 0 Å². The summed E-state index contributed by atoms with van der Waals surface area (Å²) >= 11 is 10.9. The monoisotopic (exact) mass is 271 g/mol. The van der Waals surface area contributed by atoms with Crippen LogP contribution in [0.4, 0.5) is 5.69 Å². The average molecular weight is 272 g/mol.